The standard InChI is InChI=1S/C25H24ClN3O6/c1-3-33-21-11-7-19(8-12-21)25(30)28-27-15-18-13-22(26)24(23(14-18)34-4-2)35-16-17-5-9-20(10-6-17)29(31)32/h5-15H,3-4,16H2,1-2H3,(H,28,30)/b27-15+. The smallest absolute Gasteiger partial charge is 0.271 e. The van der Waals surface area contributed by atoms with E-state index in [2.05, 4.69) is 10.5 Å². The summed E-state index contributed by atoms with van der Waals surface area (Å²) in [4.78, 5) is 22.6. The van der Waals surface area contributed by atoms with E-state index in [-0.39, 0.29) is 23.2 Å². The second-order valence-corrected chi connectivity index (χ2v) is 7.54. The Kier molecular flexibility index (Phi) is 9.02. The maximum Gasteiger partial charge on any atom is 0.271 e. The molecule has 0 bridgehead atoms. The van der Waals surface area contributed by atoms with Gasteiger partial charge in [0.1, 0.15) is 12.4 Å². The van der Waals surface area contributed by atoms with Crippen LogP contribution >= 0.6 is 11.6 Å². The maximum atomic E-state index is 12.3. The number of carbonyl (C=O) groups excluding carboxylic acids is 1. The van der Waals surface area contributed by atoms with Gasteiger partial charge in [-0.1, -0.05) is 11.6 Å². The third-order valence-electron chi connectivity index (χ3n) is 4.67. The van der Waals surface area contributed by atoms with Gasteiger partial charge in [0, 0.05) is 17.7 Å². The van der Waals surface area contributed by atoms with Crippen LogP contribution in [-0.2, 0) is 6.61 Å². The Labute approximate surface area is 207 Å². The summed E-state index contributed by atoms with van der Waals surface area (Å²) in [7, 11) is 0. The van der Waals surface area contributed by atoms with Gasteiger partial charge in [-0.2, -0.15) is 5.10 Å². The van der Waals surface area contributed by atoms with Gasteiger partial charge in [-0.25, -0.2) is 5.43 Å². The van der Waals surface area contributed by atoms with Gasteiger partial charge in [-0.05, 0) is 73.5 Å². The van der Waals surface area contributed by atoms with Crippen LogP contribution in [0, 0.1) is 10.1 Å². The van der Waals surface area contributed by atoms with Gasteiger partial charge in [-0.3, -0.25) is 14.9 Å². The van der Waals surface area contributed by atoms with Crippen molar-refractivity contribution in [1.29, 1.82) is 0 Å². The molecule has 182 valence electrons. The molecule has 0 heterocycles. The van der Waals surface area contributed by atoms with Gasteiger partial charge in [0.25, 0.3) is 11.6 Å². The summed E-state index contributed by atoms with van der Waals surface area (Å²) in [6.45, 7) is 4.77. The molecule has 35 heavy (non-hydrogen) atoms. The molecule has 0 unspecified atom stereocenters. The summed E-state index contributed by atoms with van der Waals surface area (Å²) in [6, 6.07) is 16.1. The first-order chi connectivity index (χ1) is 16.9. The number of nitrogens with one attached hydrogen (secondary N) is 1. The monoisotopic (exact) mass is 497 g/mol. The van der Waals surface area contributed by atoms with Crippen LogP contribution in [-0.4, -0.2) is 30.3 Å². The normalized spacial score (nSPS) is 10.7. The first-order valence-corrected chi connectivity index (χ1v) is 11.2. The van der Waals surface area contributed by atoms with Gasteiger partial charge in [0.15, 0.2) is 11.5 Å². The van der Waals surface area contributed by atoms with Crippen molar-refractivity contribution in [3.63, 3.8) is 0 Å². The zero-order valence-corrected chi connectivity index (χ0v) is 19.9. The number of amides is 1. The second kappa shape index (κ2) is 12.4. The third kappa shape index (κ3) is 7.18. The predicted molar refractivity (Wildman–Crippen MR) is 133 cm³/mol. The molecule has 1 N–H and O–H groups in total. The van der Waals surface area contributed by atoms with Crippen molar-refractivity contribution in [3.8, 4) is 17.2 Å². The number of nitro benzene ring substituents is 1. The summed E-state index contributed by atoms with van der Waals surface area (Å²) in [5, 5.41) is 15.1. The molecule has 9 nitrogen and oxygen atoms in total. The number of hydrogen-bond acceptors (Lipinski definition) is 7. The molecule has 0 fully saturated rings. The molecule has 0 atom stereocenters. The summed E-state index contributed by atoms with van der Waals surface area (Å²) < 4.78 is 16.9. The Bertz CT molecular complexity index is 1200. The van der Waals surface area contributed by atoms with Crippen molar-refractivity contribution in [3.05, 3.63) is 92.5 Å². The van der Waals surface area contributed by atoms with Crippen molar-refractivity contribution in [1.82, 2.24) is 5.43 Å². The van der Waals surface area contributed by atoms with Crippen LogP contribution in [0.25, 0.3) is 0 Å². The van der Waals surface area contributed by atoms with Crippen molar-refractivity contribution in [2.45, 2.75) is 20.5 Å². The molecule has 0 aromatic heterocycles. The van der Waals surface area contributed by atoms with E-state index in [4.69, 9.17) is 25.8 Å². The molecule has 0 spiro atoms. The highest BCUT2D eigenvalue weighted by molar-refractivity contribution is 6.32. The fourth-order valence-corrected chi connectivity index (χ4v) is 3.31. The van der Waals surface area contributed by atoms with E-state index in [0.717, 1.165) is 5.56 Å². The van der Waals surface area contributed by atoms with Gasteiger partial charge < -0.3 is 14.2 Å². The summed E-state index contributed by atoms with van der Waals surface area (Å²) in [5.41, 5.74) is 4.23. The van der Waals surface area contributed by atoms with E-state index in [1.807, 2.05) is 13.8 Å². The minimum Gasteiger partial charge on any atom is -0.494 e. The van der Waals surface area contributed by atoms with Crippen LogP contribution in [0.1, 0.15) is 35.3 Å². The molecule has 1 amide bonds. The number of benzene rings is 3. The van der Waals surface area contributed by atoms with Crippen molar-refractivity contribution in [2.75, 3.05) is 13.2 Å². The lowest BCUT2D eigenvalue weighted by Gasteiger charge is -2.14. The molecule has 0 aliphatic heterocycles. The number of nitrogens with zero attached hydrogens (tertiary/aromatic N) is 2. The first-order valence-electron chi connectivity index (χ1n) is 10.8. The summed E-state index contributed by atoms with van der Waals surface area (Å²) in [6.07, 6.45) is 1.45. The quantitative estimate of drug-likeness (QED) is 0.216. The van der Waals surface area contributed by atoms with Crippen molar-refractivity contribution >= 4 is 29.4 Å². The van der Waals surface area contributed by atoms with Gasteiger partial charge in [0.05, 0.1) is 29.4 Å². The second-order valence-electron chi connectivity index (χ2n) is 7.13. The van der Waals surface area contributed by atoms with Crippen LogP contribution in [0.3, 0.4) is 0 Å². The number of carbonyl (C=O) groups is 1. The number of ether oxygens (including phenoxy) is 3. The lowest BCUT2D eigenvalue weighted by molar-refractivity contribution is -0.384. The fraction of sp³-hybridized carbons (Fsp3) is 0.200. The summed E-state index contributed by atoms with van der Waals surface area (Å²) in [5.74, 6) is 1.05. The molecule has 0 aliphatic carbocycles. The predicted octanol–water partition coefficient (Wildman–Crippen LogP) is 5.39. The average molecular weight is 498 g/mol. The fourth-order valence-electron chi connectivity index (χ4n) is 3.03. The van der Waals surface area contributed by atoms with E-state index in [1.165, 1.54) is 18.3 Å². The zero-order valence-electron chi connectivity index (χ0n) is 19.2. The molecule has 0 aliphatic rings. The molecule has 0 radical (unpaired) electrons. The van der Waals surface area contributed by atoms with Crippen LogP contribution in [0.4, 0.5) is 5.69 Å². The Morgan fingerprint density at radius 2 is 1.71 bits per heavy atom. The lowest BCUT2D eigenvalue weighted by atomic mass is 10.2. The van der Waals surface area contributed by atoms with Gasteiger partial charge >= 0.3 is 0 Å². The van der Waals surface area contributed by atoms with E-state index < -0.39 is 4.92 Å². The lowest BCUT2D eigenvalue weighted by Crippen LogP contribution is -2.17. The molecule has 10 heteroatoms. The summed E-state index contributed by atoms with van der Waals surface area (Å²) >= 11 is 6.43. The zero-order chi connectivity index (χ0) is 25.2. The Balaban J connectivity index is 1.67. The number of hydrazone groups is 1. The van der Waals surface area contributed by atoms with Crippen LogP contribution in [0.2, 0.25) is 5.02 Å². The third-order valence-corrected chi connectivity index (χ3v) is 4.95. The number of rotatable bonds is 11. The van der Waals surface area contributed by atoms with Gasteiger partial charge in [0.2, 0.25) is 0 Å². The van der Waals surface area contributed by atoms with Crippen molar-refractivity contribution < 1.29 is 23.9 Å². The molecule has 0 saturated heterocycles. The number of non-ortho nitro benzene ring substituents is 1. The Morgan fingerprint density at radius 1 is 1.03 bits per heavy atom. The maximum absolute atomic E-state index is 12.3. The molecular weight excluding hydrogens is 474 g/mol. The van der Waals surface area contributed by atoms with Crippen LogP contribution in [0.5, 0.6) is 17.2 Å². The number of halogens is 1. The van der Waals surface area contributed by atoms with E-state index in [9.17, 15) is 14.9 Å². The van der Waals surface area contributed by atoms with E-state index >= 15 is 0 Å². The largest absolute Gasteiger partial charge is 0.494 e. The Hall–Kier alpha value is -4.11. The molecule has 3 rings (SSSR count). The number of hydrogen-bond donors (Lipinski definition) is 1. The van der Waals surface area contributed by atoms with Crippen LogP contribution < -0.4 is 19.6 Å². The number of nitro groups is 1. The Morgan fingerprint density at radius 3 is 2.34 bits per heavy atom. The molecule has 0 saturated carbocycles. The topological polar surface area (TPSA) is 112 Å². The van der Waals surface area contributed by atoms with Gasteiger partial charge in [-0.15, -0.1) is 0 Å². The van der Waals surface area contributed by atoms with E-state index in [1.54, 1.807) is 48.5 Å². The van der Waals surface area contributed by atoms with E-state index in [0.29, 0.717) is 41.6 Å². The minimum absolute atomic E-state index is 0.0000401. The highest BCUT2D eigenvalue weighted by atomic mass is 35.5. The molecular formula is C25H24ClN3O6. The molecule has 3 aromatic rings. The highest BCUT2D eigenvalue weighted by Gasteiger charge is 2.13. The average Bonchev–Trinajstić information content (AvgIpc) is 2.84. The SMILES string of the molecule is CCOc1ccc(C(=O)N/N=C/c2cc(Cl)c(OCc3ccc([N+](=O)[O-])cc3)c(OCC)c2)cc1. The first kappa shape index (κ1) is 25.5. The highest BCUT2D eigenvalue weighted by Crippen LogP contribution is 2.37. The minimum atomic E-state index is -0.463. The van der Waals surface area contributed by atoms with Crippen LogP contribution in [0.15, 0.2) is 65.8 Å². The van der Waals surface area contributed by atoms with Crippen molar-refractivity contribution in [2.24, 2.45) is 5.10 Å². The molecule has 3 aromatic carbocycles.